The van der Waals surface area contributed by atoms with E-state index in [1.54, 1.807) is 13.8 Å². The van der Waals surface area contributed by atoms with E-state index < -0.39 is 127 Å². The fourth-order valence-electron chi connectivity index (χ4n) is 3.99. The van der Waals surface area contributed by atoms with Crippen molar-refractivity contribution in [2.75, 3.05) is 5.75 Å². The highest BCUT2D eigenvalue weighted by Crippen LogP contribution is 2.07. The van der Waals surface area contributed by atoms with Gasteiger partial charge in [-0.2, -0.15) is 12.6 Å². The number of nitrogens with two attached hydrogens (primary N) is 2. The van der Waals surface area contributed by atoms with Gasteiger partial charge in [-0.1, -0.05) is 13.8 Å². The molecule has 0 aliphatic rings. The zero-order chi connectivity index (χ0) is 38.9. The van der Waals surface area contributed by atoms with Gasteiger partial charge in [-0.05, 0) is 32.6 Å². The predicted molar refractivity (Wildman–Crippen MR) is 175 cm³/mol. The van der Waals surface area contributed by atoms with E-state index in [4.69, 9.17) is 16.6 Å². The van der Waals surface area contributed by atoms with Crippen LogP contribution in [0.1, 0.15) is 59.8 Å². The number of nitrogens with one attached hydrogen (secondary N) is 6. The lowest BCUT2D eigenvalue weighted by molar-refractivity contribution is -0.144. The SMILES string of the molecule is CC(C)C[C@H](NC(=O)[C@@H](C)N)C(=O)N[C@@H](CC(=O)N[C@@H](C)C(=O)N[C@@H](CS)C(=O)N[C@H](CCC(=O)N[C@@H](CC(=O)O)C(N)=O)C(=O)O)C(=O)O. The van der Waals surface area contributed by atoms with Crippen molar-refractivity contribution >= 4 is 71.9 Å². The summed E-state index contributed by atoms with van der Waals surface area (Å²) in [6.07, 6.45) is -2.58. The molecule has 0 aliphatic heterocycles. The summed E-state index contributed by atoms with van der Waals surface area (Å²) >= 11 is 3.97. The number of hydrogen-bond donors (Lipinski definition) is 12. The van der Waals surface area contributed by atoms with Gasteiger partial charge in [0.2, 0.25) is 41.4 Å². The first-order chi connectivity index (χ1) is 23.1. The number of primary amides is 1. The molecule has 13 N–H and O–H groups in total. The number of carboxylic acids is 3. The molecule has 0 rings (SSSR count). The van der Waals surface area contributed by atoms with Crippen LogP contribution in [0.4, 0.5) is 0 Å². The van der Waals surface area contributed by atoms with Crippen LogP contribution in [0.2, 0.25) is 0 Å². The molecule has 0 saturated heterocycles. The molecule has 0 saturated carbocycles. The van der Waals surface area contributed by atoms with Gasteiger partial charge in [0.25, 0.3) is 0 Å². The summed E-state index contributed by atoms with van der Waals surface area (Å²) < 4.78 is 0. The van der Waals surface area contributed by atoms with E-state index in [1.807, 2.05) is 0 Å². The van der Waals surface area contributed by atoms with E-state index in [2.05, 4.69) is 44.5 Å². The minimum Gasteiger partial charge on any atom is -0.481 e. The van der Waals surface area contributed by atoms with Crippen LogP contribution < -0.4 is 43.4 Å². The molecule has 0 bridgehead atoms. The first-order valence-corrected chi connectivity index (χ1v) is 15.9. The van der Waals surface area contributed by atoms with E-state index in [0.717, 1.165) is 0 Å². The van der Waals surface area contributed by atoms with Gasteiger partial charge in [0.1, 0.15) is 36.3 Å². The Kier molecular flexibility index (Phi) is 19.7. The highest BCUT2D eigenvalue weighted by atomic mass is 32.1. The lowest BCUT2D eigenvalue weighted by Gasteiger charge is -2.24. The van der Waals surface area contributed by atoms with Crippen LogP contribution in [0, 0.1) is 5.92 Å². The number of amides is 7. The molecule has 21 nitrogen and oxygen atoms in total. The highest BCUT2D eigenvalue weighted by molar-refractivity contribution is 7.80. The van der Waals surface area contributed by atoms with Crippen LogP contribution >= 0.6 is 12.6 Å². The van der Waals surface area contributed by atoms with E-state index in [1.165, 1.54) is 13.8 Å². The molecule has 0 aromatic rings. The summed E-state index contributed by atoms with van der Waals surface area (Å²) in [5.41, 5.74) is 10.6. The molecule has 7 amide bonds. The van der Waals surface area contributed by atoms with Gasteiger partial charge in [0.15, 0.2) is 0 Å². The Bertz CT molecular complexity index is 1300. The maximum atomic E-state index is 12.8. The zero-order valence-corrected chi connectivity index (χ0v) is 28.8. The van der Waals surface area contributed by atoms with Gasteiger partial charge in [-0.3, -0.25) is 38.4 Å². The van der Waals surface area contributed by atoms with Crippen LogP contribution in [0.3, 0.4) is 0 Å². The molecule has 0 heterocycles. The summed E-state index contributed by atoms with van der Waals surface area (Å²) in [5.74, 6) is -11.6. The predicted octanol–water partition coefficient (Wildman–Crippen LogP) is -4.46. The Morgan fingerprint density at radius 2 is 1.10 bits per heavy atom. The van der Waals surface area contributed by atoms with Gasteiger partial charge in [-0.25, -0.2) is 9.59 Å². The van der Waals surface area contributed by atoms with Gasteiger partial charge in [0.05, 0.1) is 18.9 Å². The van der Waals surface area contributed by atoms with Crippen molar-refractivity contribution in [3.8, 4) is 0 Å². The third kappa shape index (κ3) is 17.4. The molecule has 50 heavy (non-hydrogen) atoms. The lowest BCUT2D eigenvalue weighted by Crippen LogP contribution is -2.57. The Balaban J connectivity index is 5.32. The maximum Gasteiger partial charge on any atom is 0.326 e. The molecule has 22 heteroatoms. The molecular weight excluding hydrogens is 688 g/mol. The molecule has 0 radical (unpaired) electrons. The van der Waals surface area contributed by atoms with E-state index in [-0.39, 0.29) is 18.1 Å². The average molecular weight is 735 g/mol. The van der Waals surface area contributed by atoms with Crippen molar-refractivity contribution in [1.29, 1.82) is 0 Å². The number of carbonyl (C=O) groups excluding carboxylic acids is 7. The maximum absolute atomic E-state index is 12.8. The zero-order valence-electron chi connectivity index (χ0n) is 27.9. The highest BCUT2D eigenvalue weighted by Gasteiger charge is 2.32. The average Bonchev–Trinajstić information content (AvgIpc) is 2.99. The number of carbonyl (C=O) groups is 10. The van der Waals surface area contributed by atoms with Crippen molar-refractivity contribution in [1.82, 2.24) is 31.9 Å². The number of rotatable bonds is 23. The second-order valence-corrected chi connectivity index (χ2v) is 12.0. The summed E-state index contributed by atoms with van der Waals surface area (Å²) in [6.45, 7) is 6.11. The molecule has 0 fully saturated rings. The fourth-order valence-corrected chi connectivity index (χ4v) is 4.25. The minimum atomic E-state index is -1.76. The van der Waals surface area contributed by atoms with E-state index >= 15 is 0 Å². The quantitative estimate of drug-likeness (QED) is 0.0441. The largest absolute Gasteiger partial charge is 0.481 e. The first kappa shape index (κ1) is 45.0. The fraction of sp³-hybridized carbons (Fsp3) is 0.643. The van der Waals surface area contributed by atoms with Crippen molar-refractivity contribution < 1.29 is 63.3 Å². The van der Waals surface area contributed by atoms with Gasteiger partial charge >= 0.3 is 17.9 Å². The van der Waals surface area contributed by atoms with Crippen LogP contribution in [0.15, 0.2) is 0 Å². The topological polar surface area (TPSA) is 356 Å². The Morgan fingerprint density at radius 1 is 0.600 bits per heavy atom. The monoisotopic (exact) mass is 734 g/mol. The summed E-state index contributed by atoms with van der Waals surface area (Å²) in [5, 5.41) is 41.2. The normalized spacial score (nSPS) is 15.0. The number of aliphatic carboxylic acids is 3. The Hall–Kier alpha value is -4.99. The summed E-state index contributed by atoms with van der Waals surface area (Å²) in [7, 11) is 0. The third-order valence-corrected chi connectivity index (χ3v) is 7.04. The standard InChI is InChI=1S/C28H46N8O13S/c1-11(2)7-16(34-23(42)12(3)29)25(44)35-17(28(48)49)8-20(38)31-13(4)24(43)36-18(10-50)26(45)33-14(27(46)47)5-6-19(37)32-15(22(30)41)9-21(39)40/h11-18,50H,5-10,29H2,1-4H3,(H2,30,41)(H,31,38)(H,32,37)(H,33,45)(H,34,42)(H,35,44)(H,36,43)(H,39,40)(H,46,47)(H,48,49)/t12-,13+,14-,15+,16+,17+,18+/m1/s1. The second kappa shape index (κ2) is 21.9. The molecule has 0 aliphatic carbocycles. The van der Waals surface area contributed by atoms with Gasteiger partial charge < -0.3 is 58.7 Å². The van der Waals surface area contributed by atoms with Crippen LogP contribution in [0.5, 0.6) is 0 Å². The van der Waals surface area contributed by atoms with Crippen LogP contribution in [0.25, 0.3) is 0 Å². The molecule has 0 aromatic heterocycles. The van der Waals surface area contributed by atoms with Crippen molar-refractivity contribution in [3.05, 3.63) is 0 Å². The van der Waals surface area contributed by atoms with Crippen molar-refractivity contribution in [3.63, 3.8) is 0 Å². The minimum absolute atomic E-state index is 0.0933. The van der Waals surface area contributed by atoms with Gasteiger partial charge in [-0.15, -0.1) is 0 Å². The Labute approximate surface area is 292 Å². The lowest BCUT2D eigenvalue weighted by atomic mass is 10.0. The van der Waals surface area contributed by atoms with Gasteiger partial charge in [0, 0.05) is 12.2 Å². The third-order valence-electron chi connectivity index (χ3n) is 6.68. The molecule has 0 unspecified atom stereocenters. The summed E-state index contributed by atoms with van der Waals surface area (Å²) in [6, 6.07) is -9.91. The Morgan fingerprint density at radius 3 is 1.56 bits per heavy atom. The van der Waals surface area contributed by atoms with Crippen LogP contribution in [-0.4, -0.2) is 123 Å². The second-order valence-electron chi connectivity index (χ2n) is 11.7. The van der Waals surface area contributed by atoms with Crippen LogP contribution in [-0.2, 0) is 47.9 Å². The molecule has 282 valence electrons. The van der Waals surface area contributed by atoms with Crippen molar-refractivity contribution in [2.24, 2.45) is 17.4 Å². The number of thiol groups is 1. The van der Waals surface area contributed by atoms with E-state index in [9.17, 15) is 58.2 Å². The molecule has 0 aromatic carbocycles. The van der Waals surface area contributed by atoms with Crippen molar-refractivity contribution in [2.45, 2.75) is 102 Å². The first-order valence-electron chi connectivity index (χ1n) is 15.2. The smallest absolute Gasteiger partial charge is 0.326 e. The molecule has 0 spiro atoms. The van der Waals surface area contributed by atoms with E-state index in [0.29, 0.717) is 0 Å². The summed E-state index contributed by atoms with van der Waals surface area (Å²) in [4.78, 5) is 121. The molecule has 7 atom stereocenters. The number of hydrogen-bond acceptors (Lipinski definition) is 12. The number of carboxylic acid groups (broad SMARTS) is 3. The molecular formula is C28H46N8O13S.